The van der Waals surface area contributed by atoms with Crippen molar-refractivity contribution in [2.24, 2.45) is 29.6 Å². The molecular weight excluding hydrogens is 574 g/mol. The molecule has 4 rings (SSSR count). The Labute approximate surface area is 251 Å². The summed E-state index contributed by atoms with van der Waals surface area (Å²) in [7, 11) is 0. The number of unbranched alkanes of at least 4 members (excludes halogenated alkanes) is 1. The van der Waals surface area contributed by atoms with Gasteiger partial charge in [0.1, 0.15) is 5.75 Å². The van der Waals surface area contributed by atoms with Crippen LogP contribution in [0, 0.1) is 35.4 Å². The second-order valence-electron chi connectivity index (χ2n) is 12.6. The van der Waals surface area contributed by atoms with Crippen LogP contribution in [0.15, 0.2) is 30.4 Å². The van der Waals surface area contributed by atoms with Crippen LogP contribution in [0.1, 0.15) is 96.8 Å². The summed E-state index contributed by atoms with van der Waals surface area (Å²) >= 11 is 0. The number of hydrogen-bond acceptors (Lipinski definition) is 4. The molecule has 1 saturated heterocycles. The highest BCUT2D eigenvalue weighted by atomic mass is 19.4. The first-order valence-corrected chi connectivity index (χ1v) is 16.0. The summed E-state index contributed by atoms with van der Waals surface area (Å²) in [5.74, 6) is -1.94. The molecule has 10 heteroatoms. The summed E-state index contributed by atoms with van der Waals surface area (Å²) in [4.78, 5) is 0. The van der Waals surface area contributed by atoms with Crippen molar-refractivity contribution in [1.82, 2.24) is 0 Å². The van der Waals surface area contributed by atoms with E-state index in [1.54, 1.807) is 0 Å². The summed E-state index contributed by atoms with van der Waals surface area (Å²) in [5, 5.41) is 0. The van der Waals surface area contributed by atoms with Crippen molar-refractivity contribution in [3.8, 4) is 11.5 Å². The summed E-state index contributed by atoms with van der Waals surface area (Å²) in [5.41, 5.74) is 0. The third-order valence-electron chi connectivity index (χ3n) is 9.43. The lowest BCUT2D eigenvalue weighted by Gasteiger charge is -2.37. The van der Waals surface area contributed by atoms with Gasteiger partial charge in [-0.2, -0.15) is 8.78 Å². The van der Waals surface area contributed by atoms with E-state index in [1.807, 2.05) is 6.92 Å². The Bertz CT molecular complexity index is 992. The zero-order valence-corrected chi connectivity index (χ0v) is 25.1. The largest absolute Gasteiger partial charge is 0.573 e. The van der Waals surface area contributed by atoms with Crippen molar-refractivity contribution in [2.75, 3.05) is 13.2 Å². The molecule has 0 amide bonds. The highest BCUT2D eigenvalue weighted by Crippen LogP contribution is 2.42. The number of hydrogen-bond donors (Lipinski definition) is 0. The van der Waals surface area contributed by atoms with Crippen LogP contribution >= 0.6 is 0 Å². The molecule has 0 aromatic heterocycles. The van der Waals surface area contributed by atoms with E-state index in [4.69, 9.17) is 14.2 Å². The van der Waals surface area contributed by atoms with Gasteiger partial charge in [0.25, 0.3) is 0 Å². The predicted molar refractivity (Wildman–Crippen MR) is 151 cm³/mol. The van der Waals surface area contributed by atoms with Crippen molar-refractivity contribution in [1.29, 1.82) is 0 Å². The average molecular weight is 621 g/mol. The Kier molecular flexibility index (Phi) is 12.5. The van der Waals surface area contributed by atoms with Gasteiger partial charge >= 0.3 is 12.5 Å². The third-order valence-corrected chi connectivity index (χ3v) is 9.43. The maximum atomic E-state index is 14.8. The minimum atomic E-state index is -5.08. The Hall–Kier alpha value is -1.94. The van der Waals surface area contributed by atoms with Crippen LogP contribution in [-0.2, 0) is 9.47 Å². The Morgan fingerprint density at radius 2 is 1.40 bits per heavy atom. The molecule has 2 saturated carbocycles. The van der Waals surface area contributed by atoms with Crippen molar-refractivity contribution < 1.29 is 45.3 Å². The van der Waals surface area contributed by atoms with Gasteiger partial charge in [0.15, 0.2) is 17.9 Å². The summed E-state index contributed by atoms with van der Waals surface area (Å²) in [6, 6.07) is 1.99. The second-order valence-corrected chi connectivity index (χ2v) is 12.6. The third kappa shape index (κ3) is 10.9. The first-order chi connectivity index (χ1) is 20.5. The maximum absolute atomic E-state index is 14.8. The Morgan fingerprint density at radius 1 is 0.791 bits per heavy atom. The second kappa shape index (κ2) is 15.9. The quantitative estimate of drug-likeness (QED) is 0.125. The highest BCUT2D eigenvalue weighted by Gasteiger charge is 2.44. The SMILES string of the molecule is C/C=C/CCC1COC(C2CCC(CCCCC3CCC(C(F)(F)Oc4ccc(OC(F)(F)F)c(F)c4)CC3)CC2)OC1. The average Bonchev–Trinajstić information content (AvgIpc) is 2.97. The van der Waals surface area contributed by atoms with Crippen molar-refractivity contribution in [2.45, 2.75) is 116 Å². The van der Waals surface area contributed by atoms with E-state index in [0.717, 1.165) is 70.1 Å². The number of allylic oxidation sites excluding steroid dienone is 2. The van der Waals surface area contributed by atoms with Gasteiger partial charge in [0.2, 0.25) is 0 Å². The van der Waals surface area contributed by atoms with Gasteiger partial charge in [-0.25, -0.2) is 4.39 Å². The van der Waals surface area contributed by atoms with Crippen LogP contribution in [0.5, 0.6) is 11.5 Å². The van der Waals surface area contributed by atoms with Crippen molar-refractivity contribution in [3.05, 3.63) is 36.2 Å². The molecule has 1 aromatic carbocycles. The van der Waals surface area contributed by atoms with Crippen LogP contribution in [0.4, 0.5) is 26.3 Å². The van der Waals surface area contributed by atoms with Crippen LogP contribution in [0.2, 0.25) is 0 Å². The summed E-state index contributed by atoms with van der Waals surface area (Å²) in [6.45, 7) is 3.64. The molecule has 0 unspecified atom stereocenters. The molecule has 0 radical (unpaired) electrons. The van der Waals surface area contributed by atoms with Crippen LogP contribution in [0.25, 0.3) is 0 Å². The molecule has 244 valence electrons. The zero-order chi connectivity index (χ0) is 30.9. The van der Waals surface area contributed by atoms with Crippen LogP contribution < -0.4 is 9.47 Å². The van der Waals surface area contributed by atoms with E-state index >= 15 is 0 Å². The fraction of sp³-hybridized carbons (Fsp3) is 0.758. The lowest BCUT2D eigenvalue weighted by molar-refractivity contribution is -0.275. The normalized spacial score (nSPS) is 29.1. The van der Waals surface area contributed by atoms with Crippen molar-refractivity contribution >= 4 is 0 Å². The lowest BCUT2D eigenvalue weighted by Crippen LogP contribution is -2.38. The zero-order valence-electron chi connectivity index (χ0n) is 25.1. The topological polar surface area (TPSA) is 36.9 Å². The van der Waals surface area contributed by atoms with Gasteiger partial charge in [-0.1, -0.05) is 37.8 Å². The van der Waals surface area contributed by atoms with E-state index in [9.17, 15) is 26.3 Å². The van der Waals surface area contributed by atoms with Gasteiger partial charge in [0, 0.05) is 17.9 Å². The van der Waals surface area contributed by atoms with Crippen LogP contribution in [0.3, 0.4) is 0 Å². The Balaban J connectivity index is 1.07. The fourth-order valence-corrected chi connectivity index (χ4v) is 6.89. The number of rotatable bonds is 13. The Morgan fingerprint density at radius 3 is 1.95 bits per heavy atom. The number of ether oxygens (including phenoxy) is 4. The van der Waals surface area contributed by atoms with Gasteiger partial charge < -0.3 is 18.9 Å². The first-order valence-electron chi connectivity index (χ1n) is 16.0. The fourth-order valence-electron chi connectivity index (χ4n) is 6.89. The monoisotopic (exact) mass is 620 g/mol. The van der Waals surface area contributed by atoms with E-state index in [1.165, 1.54) is 19.3 Å². The molecule has 0 bridgehead atoms. The molecule has 43 heavy (non-hydrogen) atoms. The molecule has 3 aliphatic rings. The van der Waals surface area contributed by atoms with Crippen LogP contribution in [-0.4, -0.2) is 32.0 Å². The van der Waals surface area contributed by atoms with Gasteiger partial charge in [0.05, 0.1) is 19.1 Å². The van der Waals surface area contributed by atoms with E-state index < -0.39 is 35.7 Å². The molecule has 1 aliphatic heterocycles. The van der Waals surface area contributed by atoms with Crippen molar-refractivity contribution in [3.63, 3.8) is 0 Å². The maximum Gasteiger partial charge on any atom is 0.573 e. The predicted octanol–water partition coefficient (Wildman–Crippen LogP) is 10.2. The van der Waals surface area contributed by atoms with Gasteiger partial charge in [-0.05, 0) is 95.1 Å². The summed E-state index contributed by atoms with van der Waals surface area (Å²) < 4.78 is 101. The van der Waals surface area contributed by atoms with E-state index in [0.29, 0.717) is 55.6 Å². The number of halogens is 6. The molecule has 4 nitrogen and oxygen atoms in total. The molecule has 2 aliphatic carbocycles. The minimum Gasteiger partial charge on any atom is -0.432 e. The minimum absolute atomic E-state index is 0.0496. The summed E-state index contributed by atoms with van der Waals surface area (Å²) in [6.07, 6.45) is 8.94. The highest BCUT2D eigenvalue weighted by molar-refractivity contribution is 5.33. The first kappa shape index (κ1) is 33.9. The van der Waals surface area contributed by atoms with E-state index in [2.05, 4.69) is 16.9 Å². The molecule has 0 spiro atoms. The number of benzene rings is 1. The lowest BCUT2D eigenvalue weighted by atomic mass is 9.77. The molecule has 1 aromatic rings. The number of alkyl halides is 5. The van der Waals surface area contributed by atoms with Gasteiger partial charge in [-0.15, -0.1) is 13.2 Å². The molecule has 0 atom stereocenters. The molecule has 3 fully saturated rings. The van der Waals surface area contributed by atoms with Gasteiger partial charge in [-0.3, -0.25) is 0 Å². The molecule has 1 heterocycles. The molecular formula is C33H46F6O4. The standard InChI is InChI=1S/C33H46F6O4/c1-2-3-4-9-25-21-40-31(41-22-25)26-14-10-23(11-15-26)7-5-6-8-24-12-16-27(17-13-24)32(35,36)42-28-18-19-30(29(34)20-28)43-33(37,38)39/h2-3,18-20,23-27,31H,4-17,21-22H2,1H3/b3-2+. The smallest absolute Gasteiger partial charge is 0.432 e. The van der Waals surface area contributed by atoms with E-state index in [-0.39, 0.29) is 6.29 Å². The molecule has 0 N–H and O–H groups in total.